The third-order valence-electron chi connectivity index (χ3n) is 4.52. The van der Waals surface area contributed by atoms with E-state index in [-0.39, 0.29) is 0 Å². The molecule has 2 unspecified atom stereocenters. The second-order valence-corrected chi connectivity index (χ2v) is 6.67. The van der Waals surface area contributed by atoms with Crippen molar-refractivity contribution in [1.29, 1.82) is 0 Å². The fraction of sp³-hybridized carbons (Fsp3) is 0.611. The molecule has 2 rings (SSSR count). The Kier molecular flexibility index (Phi) is 5.83. The van der Waals surface area contributed by atoms with Crippen LogP contribution in [0.15, 0.2) is 29.3 Å². The maximum Gasteiger partial charge on any atom is 0.191 e. The molecular formula is C18H30N4. The monoisotopic (exact) mass is 302 g/mol. The quantitative estimate of drug-likeness (QED) is 0.627. The number of guanidine groups is 1. The Labute approximate surface area is 135 Å². The van der Waals surface area contributed by atoms with Gasteiger partial charge in [0.2, 0.25) is 0 Å². The van der Waals surface area contributed by atoms with Crippen LogP contribution in [0.3, 0.4) is 0 Å². The molecule has 0 radical (unpaired) electrons. The topological polar surface area (TPSA) is 39.7 Å². The van der Waals surface area contributed by atoms with Crippen LogP contribution in [-0.4, -0.2) is 37.0 Å². The van der Waals surface area contributed by atoms with Crippen molar-refractivity contribution in [3.05, 3.63) is 35.4 Å². The zero-order valence-electron chi connectivity index (χ0n) is 14.6. The molecule has 0 heterocycles. The molecular weight excluding hydrogens is 272 g/mol. The minimum absolute atomic E-state index is 0.548. The molecule has 0 spiro atoms. The molecule has 1 aromatic rings. The number of hydrogen-bond donors (Lipinski definition) is 2. The normalized spacial score (nSPS) is 21.3. The Balaban J connectivity index is 1.94. The van der Waals surface area contributed by atoms with E-state index in [1.165, 1.54) is 17.5 Å². The largest absolute Gasteiger partial charge is 0.353 e. The fourth-order valence-electron chi connectivity index (χ4n) is 2.41. The summed E-state index contributed by atoms with van der Waals surface area (Å²) in [4.78, 5) is 6.68. The predicted octanol–water partition coefficient (Wildman–Crippen LogP) is 2.60. The molecule has 4 heteroatoms. The zero-order chi connectivity index (χ0) is 16.1. The predicted molar refractivity (Wildman–Crippen MR) is 93.9 cm³/mol. The first-order valence-corrected chi connectivity index (χ1v) is 8.25. The van der Waals surface area contributed by atoms with E-state index in [4.69, 9.17) is 0 Å². The third kappa shape index (κ3) is 4.73. The van der Waals surface area contributed by atoms with Crippen molar-refractivity contribution in [3.8, 4) is 0 Å². The molecule has 1 saturated carbocycles. The van der Waals surface area contributed by atoms with Crippen LogP contribution < -0.4 is 10.6 Å². The van der Waals surface area contributed by atoms with Crippen LogP contribution in [0.4, 0.5) is 0 Å². The van der Waals surface area contributed by atoms with Gasteiger partial charge in [-0.15, -0.1) is 0 Å². The summed E-state index contributed by atoms with van der Waals surface area (Å²) < 4.78 is 0. The van der Waals surface area contributed by atoms with Crippen molar-refractivity contribution >= 4 is 5.96 Å². The molecule has 122 valence electrons. The fourth-order valence-corrected chi connectivity index (χ4v) is 2.41. The summed E-state index contributed by atoms with van der Waals surface area (Å²) >= 11 is 0. The first-order chi connectivity index (χ1) is 10.5. The van der Waals surface area contributed by atoms with Gasteiger partial charge in [-0.2, -0.15) is 0 Å². The van der Waals surface area contributed by atoms with E-state index in [0.29, 0.717) is 12.1 Å². The van der Waals surface area contributed by atoms with Crippen LogP contribution >= 0.6 is 0 Å². The number of benzene rings is 1. The van der Waals surface area contributed by atoms with Gasteiger partial charge in [0.05, 0.1) is 0 Å². The highest BCUT2D eigenvalue weighted by Crippen LogP contribution is 2.28. The van der Waals surface area contributed by atoms with E-state index in [1.54, 1.807) is 0 Å². The average Bonchev–Trinajstić information content (AvgIpc) is 3.19. The molecule has 2 N–H and O–H groups in total. The standard InChI is InChI=1S/C18H30N4/c1-13(2)22(5)12-16-9-7-6-8-15(16)11-20-18(19-4)21-17-10-14(17)3/h6-9,13-14,17H,10-12H2,1-5H3,(H2,19,20,21). The Bertz CT molecular complexity index is 510. The second-order valence-electron chi connectivity index (χ2n) is 6.67. The van der Waals surface area contributed by atoms with Crippen LogP contribution in [0.1, 0.15) is 38.3 Å². The van der Waals surface area contributed by atoms with Crippen molar-refractivity contribution < 1.29 is 0 Å². The van der Waals surface area contributed by atoms with Crippen LogP contribution in [0.2, 0.25) is 0 Å². The minimum Gasteiger partial charge on any atom is -0.353 e. The molecule has 0 aliphatic heterocycles. The van der Waals surface area contributed by atoms with E-state index < -0.39 is 0 Å². The van der Waals surface area contributed by atoms with Crippen molar-refractivity contribution in [2.75, 3.05) is 14.1 Å². The Morgan fingerprint density at radius 1 is 1.32 bits per heavy atom. The van der Waals surface area contributed by atoms with E-state index in [0.717, 1.165) is 25.0 Å². The van der Waals surface area contributed by atoms with Gasteiger partial charge in [0.25, 0.3) is 0 Å². The lowest BCUT2D eigenvalue weighted by molar-refractivity contribution is 0.265. The smallest absolute Gasteiger partial charge is 0.191 e. The highest BCUT2D eigenvalue weighted by molar-refractivity contribution is 5.80. The Morgan fingerprint density at radius 3 is 2.50 bits per heavy atom. The van der Waals surface area contributed by atoms with Gasteiger partial charge in [0, 0.05) is 32.2 Å². The summed E-state index contributed by atoms with van der Waals surface area (Å²) in [6, 6.07) is 9.78. The van der Waals surface area contributed by atoms with Gasteiger partial charge in [-0.3, -0.25) is 9.89 Å². The van der Waals surface area contributed by atoms with Gasteiger partial charge in [0.1, 0.15) is 0 Å². The van der Waals surface area contributed by atoms with Gasteiger partial charge in [-0.1, -0.05) is 31.2 Å². The molecule has 1 aliphatic carbocycles. The maximum atomic E-state index is 4.32. The average molecular weight is 302 g/mol. The lowest BCUT2D eigenvalue weighted by atomic mass is 10.1. The summed E-state index contributed by atoms with van der Waals surface area (Å²) in [5.74, 6) is 1.67. The van der Waals surface area contributed by atoms with Gasteiger partial charge in [-0.25, -0.2) is 0 Å². The lowest BCUT2D eigenvalue weighted by Gasteiger charge is -2.23. The van der Waals surface area contributed by atoms with Crippen LogP contribution in [0.25, 0.3) is 0 Å². The second kappa shape index (κ2) is 7.63. The molecule has 0 amide bonds. The van der Waals surface area contributed by atoms with Crippen molar-refractivity contribution in [2.24, 2.45) is 10.9 Å². The van der Waals surface area contributed by atoms with Gasteiger partial charge >= 0.3 is 0 Å². The third-order valence-corrected chi connectivity index (χ3v) is 4.52. The zero-order valence-corrected chi connectivity index (χ0v) is 14.6. The van der Waals surface area contributed by atoms with Crippen molar-refractivity contribution in [3.63, 3.8) is 0 Å². The summed E-state index contributed by atoms with van der Waals surface area (Å²) in [6.45, 7) is 8.50. The highest BCUT2D eigenvalue weighted by atomic mass is 15.2. The summed E-state index contributed by atoms with van der Waals surface area (Å²) in [6.07, 6.45) is 1.25. The molecule has 1 aliphatic rings. The first-order valence-electron chi connectivity index (χ1n) is 8.25. The number of nitrogens with one attached hydrogen (secondary N) is 2. The van der Waals surface area contributed by atoms with Crippen molar-refractivity contribution in [2.45, 2.75) is 52.4 Å². The lowest BCUT2D eigenvalue weighted by Crippen LogP contribution is -2.38. The number of nitrogens with zero attached hydrogens (tertiary/aromatic N) is 2. The van der Waals surface area contributed by atoms with E-state index >= 15 is 0 Å². The van der Waals surface area contributed by atoms with Gasteiger partial charge in [-0.05, 0) is 44.4 Å². The van der Waals surface area contributed by atoms with Crippen LogP contribution in [0, 0.1) is 5.92 Å². The van der Waals surface area contributed by atoms with Gasteiger partial charge < -0.3 is 10.6 Å². The molecule has 0 bridgehead atoms. The summed E-state index contributed by atoms with van der Waals surface area (Å²) in [7, 11) is 4.00. The molecule has 1 fully saturated rings. The molecule has 0 aromatic heterocycles. The molecule has 0 saturated heterocycles. The molecule has 22 heavy (non-hydrogen) atoms. The minimum atomic E-state index is 0.548. The van der Waals surface area contributed by atoms with E-state index in [1.807, 2.05) is 7.05 Å². The first kappa shape index (κ1) is 16.8. The van der Waals surface area contributed by atoms with Crippen LogP contribution in [0.5, 0.6) is 0 Å². The molecule has 2 atom stereocenters. The number of aliphatic imine (C=N–C) groups is 1. The van der Waals surface area contributed by atoms with E-state index in [9.17, 15) is 0 Å². The van der Waals surface area contributed by atoms with Crippen molar-refractivity contribution in [1.82, 2.24) is 15.5 Å². The van der Waals surface area contributed by atoms with E-state index in [2.05, 4.69) is 72.6 Å². The maximum absolute atomic E-state index is 4.32. The molecule has 4 nitrogen and oxygen atoms in total. The SMILES string of the molecule is CN=C(NCc1ccccc1CN(C)C(C)C)NC1CC1C. The summed E-state index contributed by atoms with van der Waals surface area (Å²) in [5, 5.41) is 6.91. The number of rotatable bonds is 6. The van der Waals surface area contributed by atoms with Crippen LogP contribution in [-0.2, 0) is 13.1 Å². The summed E-state index contributed by atoms with van der Waals surface area (Å²) in [5.41, 5.74) is 2.71. The Hall–Kier alpha value is -1.55. The highest BCUT2D eigenvalue weighted by Gasteiger charge is 2.33. The molecule has 1 aromatic carbocycles. The van der Waals surface area contributed by atoms with Gasteiger partial charge in [0.15, 0.2) is 5.96 Å². The number of hydrogen-bond acceptors (Lipinski definition) is 2. The Morgan fingerprint density at radius 2 is 1.95 bits per heavy atom.